The molecular weight excluding hydrogens is 530 g/mol. The number of ether oxygens (including phenoxy) is 1. The topological polar surface area (TPSA) is 147 Å². The Morgan fingerprint density at radius 3 is 2.42 bits per heavy atom. The average Bonchev–Trinajstić information content (AvgIpc) is 3.26. The van der Waals surface area contributed by atoms with Crippen LogP contribution in [0.1, 0.15) is 84.1 Å². The zero-order valence-electron chi connectivity index (χ0n) is 24.0. The molecule has 0 amide bonds. The molecule has 4 aliphatic carbocycles. The average molecular weight is 578 g/mol. The molecule has 0 aromatic heterocycles. The number of aliphatic hydroxyl groups is 3. The van der Waals surface area contributed by atoms with Gasteiger partial charge in [-0.15, -0.1) is 0 Å². The summed E-state index contributed by atoms with van der Waals surface area (Å²) in [4.78, 5) is 12.6. The van der Waals surface area contributed by atoms with Gasteiger partial charge in [0.2, 0.25) is 10.0 Å². The summed E-state index contributed by atoms with van der Waals surface area (Å²) >= 11 is 0. The quantitative estimate of drug-likeness (QED) is 0.361. The van der Waals surface area contributed by atoms with E-state index < -0.39 is 22.2 Å². The Kier molecular flexibility index (Phi) is 8.20. The van der Waals surface area contributed by atoms with Gasteiger partial charge < -0.3 is 20.1 Å². The van der Waals surface area contributed by atoms with Crippen LogP contribution in [0.5, 0.6) is 0 Å². The Balaban J connectivity index is 1.20. The molecule has 5 N–H and O–H groups in total. The van der Waals surface area contributed by atoms with E-state index in [1.165, 1.54) is 12.1 Å². The zero-order valence-corrected chi connectivity index (χ0v) is 24.9. The highest BCUT2D eigenvalue weighted by Gasteiger charge is 2.65. The lowest BCUT2D eigenvalue weighted by molar-refractivity contribution is -0.207. The highest BCUT2D eigenvalue weighted by molar-refractivity contribution is 7.89. The number of hydrogen-bond donors (Lipinski definition) is 4. The van der Waals surface area contributed by atoms with Crippen molar-refractivity contribution in [2.24, 2.45) is 51.5 Å². The first-order chi connectivity index (χ1) is 18.7. The highest BCUT2D eigenvalue weighted by atomic mass is 32.2. The SMILES string of the molecule is C[C@H](CCC(=O)OCc1ccc(S(N)(=O)=O)cc1)[C@H]1CC[C@H]2[C@@H]3[C@H](O)C[C@@H]4C[C@H](O)CC[C@]4(C)[C@H]3C[C@H](O)[C@]12C. The van der Waals surface area contributed by atoms with Gasteiger partial charge in [-0.25, -0.2) is 13.6 Å². The lowest BCUT2D eigenvalue weighted by Gasteiger charge is -2.63. The second kappa shape index (κ2) is 11.0. The molecule has 0 unspecified atom stereocenters. The number of carbonyl (C=O) groups is 1. The summed E-state index contributed by atoms with van der Waals surface area (Å²) in [6.45, 7) is 6.81. The Hall–Kier alpha value is -1.52. The van der Waals surface area contributed by atoms with Crippen molar-refractivity contribution in [3.63, 3.8) is 0 Å². The smallest absolute Gasteiger partial charge is 0.306 e. The number of hydrogen-bond acceptors (Lipinski definition) is 7. The molecule has 4 saturated carbocycles. The maximum atomic E-state index is 12.6. The number of sulfonamides is 1. The van der Waals surface area contributed by atoms with Gasteiger partial charge in [-0.3, -0.25) is 4.79 Å². The molecule has 4 aliphatic rings. The van der Waals surface area contributed by atoms with E-state index in [0.29, 0.717) is 24.3 Å². The summed E-state index contributed by atoms with van der Waals surface area (Å²) < 4.78 is 28.3. The van der Waals surface area contributed by atoms with Gasteiger partial charge in [-0.1, -0.05) is 32.9 Å². The van der Waals surface area contributed by atoms with Crippen molar-refractivity contribution in [3.05, 3.63) is 29.8 Å². The maximum absolute atomic E-state index is 12.6. The van der Waals surface area contributed by atoms with Crippen LogP contribution in [-0.4, -0.2) is 48.0 Å². The van der Waals surface area contributed by atoms with Gasteiger partial charge in [0.15, 0.2) is 0 Å². The number of carbonyl (C=O) groups excluding carboxylic acids is 1. The van der Waals surface area contributed by atoms with Crippen molar-refractivity contribution in [2.45, 2.75) is 108 Å². The standard InChI is InChI=1S/C31H47NO7S/c1-18(4-11-28(36)39-17-19-5-7-22(8-6-19)40(32,37)38)23-9-10-24-29-25(16-27(35)31(23,24)3)30(2)13-12-21(33)14-20(30)15-26(29)34/h5-8,18,20-21,23-27,29,33-35H,4,9-17H2,1-3H3,(H2,32,37,38)/t18-,20+,21-,23-,24+,25+,26-,27+,29+,30+,31-/m1/s1. The molecule has 0 spiro atoms. The predicted octanol–water partition coefficient (Wildman–Crippen LogP) is 3.75. The number of esters is 1. The van der Waals surface area contributed by atoms with Gasteiger partial charge in [-0.2, -0.15) is 0 Å². The molecule has 40 heavy (non-hydrogen) atoms. The fraction of sp³-hybridized carbons (Fsp3) is 0.774. The second-order valence-electron chi connectivity index (χ2n) is 13.9. The Morgan fingerprint density at radius 1 is 1.05 bits per heavy atom. The summed E-state index contributed by atoms with van der Waals surface area (Å²) in [6, 6.07) is 5.98. The van der Waals surface area contributed by atoms with E-state index in [1.54, 1.807) is 12.1 Å². The van der Waals surface area contributed by atoms with Crippen LogP contribution < -0.4 is 5.14 Å². The highest BCUT2D eigenvalue weighted by Crippen LogP contribution is 2.68. The number of rotatable bonds is 7. The molecular formula is C31H47NO7S. The minimum absolute atomic E-state index is 0.0168. The third-order valence-electron chi connectivity index (χ3n) is 12.0. The first kappa shape index (κ1) is 30.0. The molecule has 0 saturated heterocycles. The monoisotopic (exact) mass is 577 g/mol. The molecule has 1 aromatic carbocycles. The molecule has 9 heteroatoms. The minimum Gasteiger partial charge on any atom is -0.461 e. The Bertz CT molecular complexity index is 1190. The van der Waals surface area contributed by atoms with E-state index in [9.17, 15) is 28.5 Å². The van der Waals surface area contributed by atoms with Crippen molar-refractivity contribution < 1.29 is 33.3 Å². The van der Waals surface area contributed by atoms with E-state index >= 15 is 0 Å². The van der Waals surface area contributed by atoms with Crippen molar-refractivity contribution in [1.82, 2.24) is 0 Å². The van der Waals surface area contributed by atoms with Crippen LogP contribution in [0.2, 0.25) is 0 Å². The molecule has 0 aliphatic heterocycles. The normalized spacial score (nSPS) is 41.9. The Labute approximate surface area is 238 Å². The number of aliphatic hydroxyl groups excluding tert-OH is 3. The van der Waals surface area contributed by atoms with E-state index in [0.717, 1.165) is 38.5 Å². The Morgan fingerprint density at radius 2 is 1.75 bits per heavy atom. The molecule has 0 radical (unpaired) electrons. The predicted molar refractivity (Wildman–Crippen MR) is 150 cm³/mol. The summed E-state index contributed by atoms with van der Waals surface area (Å²) in [5, 5.41) is 38.6. The molecule has 5 rings (SSSR count). The second-order valence-corrected chi connectivity index (χ2v) is 15.5. The van der Waals surface area contributed by atoms with E-state index in [2.05, 4.69) is 20.8 Å². The van der Waals surface area contributed by atoms with Crippen LogP contribution in [0, 0.1) is 46.3 Å². The number of benzene rings is 1. The third-order valence-corrected chi connectivity index (χ3v) is 12.9. The van der Waals surface area contributed by atoms with Crippen LogP contribution in [0.25, 0.3) is 0 Å². The lowest BCUT2D eigenvalue weighted by atomic mass is 9.43. The van der Waals surface area contributed by atoms with E-state index in [4.69, 9.17) is 9.88 Å². The molecule has 224 valence electrons. The molecule has 11 atom stereocenters. The number of nitrogens with two attached hydrogens (primary N) is 1. The van der Waals surface area contributed by atoms with E-state index in [1.807, 2.05) is 0 Å². The summed E-state index contributed by atoms with van der Waals surface area (Å²) in [6.07, 6.45) is 5.76. The number of fused-ring (bicyclic) bond motifs is 5. The summed E-state index contributed by atoms with van der Waals surface area (Å²) in [7, 11) is -3.76. The van der Waals surface area contributed by atoms with E-state index in [-0.39, 0.29) is 70.4 Å². The fourth-order valence-corrected chi connectivity index (χ4v) is 10.2. The summed E-state index contributed by atoms with van der Waals surface area (Å²) in [5.41, 5.74) is 0.445. The first-order valence-electron chi connectivity index (χ1n) is 15.1. The molecule has 0 heterocycles. The molecule has 8 nitrogen and oxygen atoms in total. The van der Waals surface area contributed by atoms with Gasteiger partial charge in [0.25, 0.3) is 0 Å². The van der Waals surface area contributed by atoms with Crippen molar-refractivity contribution >= 4 is 16.0 Å². The van der Waals surface area contributed by atoms with Crippen LogP contribution in [0.3, 0.4) is 0 Å². The van der Waals surface area contributed by atoms with Crippen molar-refractivity contribution in [1.29, 1.82) is 0 Å². The van der Waals surface area contributed by atoms with Crippen molar-refractivity contribution in [3.8, 4) is 0 Å². The molecule has 1 aromatic rings. The first-order valence-corrected chi connectivity index (χ1v) is 16.6. The zero-order chi connectivity index (χ0) is 29.0. The molecule has 0 bridgehead atoms. The third kappa shape index (κ3) is 5.26. The lowest BCUT2D eigenvalue weighted by Crippen LogP contribution is -2.62. The van der Waals surface area contributed by atoms with Gasteiger partial charge in [-0.05, 0) is 115 Å². The van der Waals surface area contributed by atoms with Gasteiger partial charge in [0, 0.05) is 6.42 Å². The largest absolute Gasteiger partial charge is 0.461 e. The van der Waals surface area contributed by atoms with Crippen LogP contribution in [0.4, 0.5) is 0 Å². The van der Waals surface area contributed by atoms with Crippen LogP contribution in [0.15, 0.2) is 29.2 Å². The van der Waals surface area contributed by atoms with Gasteiger partial charge in [0.05, 0.1) is 23.2 Å². The summed E-state index contributed by atoms with van der Waals surface area (Å²) in [5.74, 6) is 1.18. The maximum Gasteiger partial charge on any atom is 0.306 e. The van der Waals surface area contributed by atoms with Crippen LogP contribution in [-0.2, 0) is 26.2 Å². The van der Waals surface area contributed by atoms with Gasteiger partial charge >= 0.3 is 5.97 Å². The van der Waals surface area contributed by atoms with Crippen LogP contribution >= 0.6 is 0 Å². The molecule has 4 fully saturated rings. The fourth-order valence-electron chi connectivity index (χ4n) is 9.69. The van der Waals surface area contributed by atoms with Crippen molar-refractivity contribution in [2.75, 3.05) is 0 Å². The van der Waals surface area contributed by atoms with Gasteiger partial charge in [0.1, 0.15) is 6.61 Å². The number of primary sulfonamides is 1. The minimum atomic E-state index is -3.76.